The Morgan fingerprint density at radius 1 is 1.12 bits per heavy atom. The molecule has 2 amide bonds. The molecule has 0 spiro atoms. The normalized spacial score (nSPS) is 21.5. The number of amides is 2. The summed E-state index contributed by atoms with van der Waals surface area (Å²) in [6, 6.07) is 5.30. The van der Waals surface area contributed by atoms with Gasteiger partial charge in [0.1, 0.15) is 6.61 Å². The van der Waals surface area contributed by atoms with Gasteiger partial charge in [-0.3, -0.25) is 14.5 Å². The summed E-state index contributed by atoms with van der Waals surface area (Å²) in [5, 5.41) is 0. The van der Waals surface area contributed by atoms with Crippen molar-refractivity contribution >= 4 is 17.5 Å². The topological polar surface area (TPSA) is 71.6 Å². The maximum Gasteiger partial charge on any atom is 0.411 e. The van der Waals surface area contributed by atoms with E-state index >= 15 is 0 Å². The number of carbonyl (C=O) groups excluding carboxylic acids is 2. The third-order valence-corrected chi connectivity index (χ3v) is 5.85. The van der Waals surface area contributed by atoms with E-state index < -0.39 is 18.7 Å². The molecule has 176 valence electrons. The lowest BCUT2D eigenvalue weighted by molar-refractivity contribution is -0.174. The summed E-state index contributed by atoms with van der Waals surface area (Å²) in [4.78, 5) is 31.0. The van der Waals surface area contributed by atoms with Crippen LogP contribution in [0.3, 0.4) is 0 Å². The summed E-state index contributed by atoms with van der Waals surface area (Å²) >= 11 is 0. The average Bonchev–Trinajstić information content (AvgIpc) is 3.38. The maximum absolute atomic E-state index is 13.0. The SMILES string of the molecule is O=C(C1CC(=O)N(c2ccc3c(c2)OCO3)C1)N1CCN(CCCOCC(F)(F)F)CC1. The molecule has 3 aliphatic heterocycles. The highest BCUT2D eigenvalue weighted by atomic mass is 19.4. The van der Waals surface area contributed by atoms with Gasteiger partial charge in [0, 0.05) is 64.0 Å². The molecule has 1 aromatic rings. The largest absolute Gasteiger partial charge is 0.454 e. The number of benzene rings is 1. The monoisotopic (exact) mass is 457 g/mol. The van der Waals surface area contributed by atoms with E-state index in [4.69, 9.17) is 9.47 Å². The average molecular weight is 457 g/mol. The Hall–Kier alpha value is -2.53. The number of anilines is 1. The van der Waals surface area contributed by atoms with E-state index in [1.807, 2.05) is 0 Å². The van der Waals surface area contributed by atoms with Crippen LogP contribution in [0.15, 0.2) is 18.2 Å². The molecule has 0 radical (unpaired) electrons. The molecule has 0 bridgehead atoms. The second-order valence-corrected chi connectivity index (χ2v) is 8.13. The van der Waals surface area contributed by atoms with Crippen molar-refractivity contribution in [1.29, 1.82) is 0 Å². The van der Waals surface area contributed by atoms with Gasteiger partial charge in [0.25, 0.3) is 0 Å². The third kappa shape index (κ3) is 5.44. The fourth-order valence-corrected chi connectivity index (χ4v) is 4.20. The van der Waals surface area contributed by atoms with Crippen LogP contribution in [0.5, 0.6) is 11.5 Å². The van der Waals surface area contributed by atoms with Crippen LogP contribution in [0.4, 0.5) is 18.9 Å². The standard InChI is InChI=1S/C21H26F3N3O5/c22-21(23,24)13-30-9-1-4-25-5-7-26(8-6-25)20(29)15-10-19(28)27(12-15)16-2-3-17-18(11-16)32-14-31-17/h2-3,11,15H,1,4-10,12-14H2. The van der Waals surface area contributed by atoms with Gasteiger partial charge in [0.2, 0.25) is 18.6 Å². The zero-order valence-corrected chi connectivity index (χ0v) is 17.6. The molecule has 1 unspecified atom stereocenters. The Labute approximate surface area is 183 Å². The first-order chi connectivity index (χ1) is 15.3. The molecule has 0 aromatic heterocycles. The van der Waals surface area contributed by atoms with E-state index in [1.165, 1.54) is 0 Å². The predicted octanol–water partition coefficient (Wildman–Crippen LogP) is 1.88. The Balaban J connectivity index is 1.21. The van der Waals surface area contributed by atoms with Crippen molar-refractivity contribution in [2.45, 2.75) is 19.0 Å². The summed E-state index contributed by atoms with van der Waals surface area (Å²) in [6.07, 6.45) is -3.62. The fraction of sp³-hybridized carbons (Fsp3) is 0.619. The molecule has 0 aliphatic carbocycles. The van der Waals surface area contributed by atoms with Gasteiger partial charge in [-0.15, -0.1) is 0 Å². The van der Waals surface area contributed by atoms with Crippen molar-refractivity contribution in [2.75, 3.05) is 64.2 Å². The molecule has 2 fully saturated rings. The number of alkyl halides is 3. The Kier molecular flexibility index (Phi) is 6.75. The molecule has 3 heterocycles. The van der Waals surface area contributed by atoms with Gasteiger partial charge in [-0.25, -0.2) is 0 Å². The van der Waals surface area contributed by atoms with Crippen molar-refractivity contribution in [3.8, 4) is 11.5 Å². The number of fused-ring (bicyclic) bond motifs is 1. The van der Waals surface area contributed by atoms with Crippen LogP contribution in [0, 0.1) is 5.92 Å². The van der Waals surface area contributed by atoms with Gasteiger partial charge in [0.15, 0.2) is 11.5 Å². The second-order valence-electron chi connectivity index (χ2n) is 8.13. The molecule has 0 saturated carbocycles. The highest BCUT2D eigenvalue weighted by Crippen LogP contribution is 2.37. The molecule has 0 N–H and O–H groups in total. The van der Waals surface area contributed by atoms with Crippen molar-refractivity contribution < 1.29 is 37.0 Å². The number of halogens is 3. The minimum atomic E-state index is -4.30. The van der Waals surface area contributed by atoms with Gasteiger partial charge in [-0.1, -0.05) is 0 Å². The Morgan fingerprint density at radius 2 is 1.88 bits per heavy atom. The first kappa shape index (κ1) is 22.7. The highest BCUT2D eigenvalue weighted by molar-refractivity contribution is 6.00. The van der Waals surface area contributed by atoms with Gasteiger partial charge >= 0.3 is 6.18 Å². The van der Waals surface area contributed by atoms with Crippen LogP contribution in [0.25, 0.3) is 0 Å². The lowest BCUT2D eigenvalue weighted by atomic mass is 10.1. The highest BCUT2D eigenvalue weighted by Gasteiger charge is 2.38. The van der Waals surface area contributed by atoms with Gasteiger partial charge in [-0.05, 0) is 18.6 Å². The molecule has 32 heavy (non-hydrogen) atoms. The molecule has 8 nitrogen and oxygen atoms in total. The first-order valence-corrected chi connectivity index (χ1v) is 10.7. The van der Waals surface area contributed by atoms with E-state index in [0.29, 0.717) is 62.9 Å². The molecule has 1 atom stereocenters. The number of rotatable bonds is 7. The molecular formula is C21H26F3N3O5. The number of nitrogens with zero attached hydrogens (tertiary/aromatic N) is 3. The minimum absolute atomic E-state index is 0.0326. The number of hydrogen-bond acceptors (Lipinski definition) is 6. The summed E-state index contributed by atoms with van der Waals surface area (Å²) in [6.45, 7) is 2.31. The predicted molar refractivity (Wildman–Crippen MR) is 108 cm³/mol. The molecule has 1 aromatic carbocycles. The molecular weight excluding hydrogens is 431 g/mol. The minimum Gasteiger partial charge on any atom is -0.454 e. The van der Waals surface area contributed by atoms with Crippen LogP contribution < -0.4 is 14.4 Å². The van der Waals surface area contributed by atoms with Crippen LogP contribution in [0.1, 0.15) is 12.8 Å². The number of piperazine rings is 1. The second kappa shape index (κ2) is 9.53. The van der Waals surface area contributed by atoms with E-state index in [2.05, 4.69) is 9.64 Å². The molecule has 2 saturated heterocycles. The van der Waals surface area contributed by atoms with Gasteiger partial charge in [0.05, 0.1) is 5.92 Å². The van der Waals surface area contributed by atoms with Crippen LogP contribution in [-0.2, 0) is 14.3 Å². The van der Waals surface area contributed by atoms with Crippen molar-refractivity contribution in [1.82, 2.24) is 9.80 Å². The zero-order valence-electron chi connectivity index (χ0n) is 17.6. The van der Waals surface area contributed by atoms with E-state index in [9.17, 15) is 22.8 Å². The molecule has 3 aliphatic rings. The van der Waals surface area contributed by atoms with Crippen LogP contribution in [0.2, 0.25) is 0 Å². The van der Waals surface area contributed by atoms with E-state index in [-0.39, 0.29) is 31.6 Å². The molecule has 4 rings (SSSR count). The van der Waals surface area contributed by atoms with Crippen molar-refractivity contribution in [3.63, 3.8) is 0 Å². The number of hydrogen-bond donors (Lipinski definition) is 0. The number of carbonyl (C=O) groups is 2. The first-order valence-electron chi connectivity index (χ1n) is 10.7. The fourth-order valence-electron chi connectivity index (χ4n) is 4.20. The maximum atomic E-state index is 13.0. The summed E-state index contributed by atoms with van der Waals surface area (Å²) in [5.74, 6) is 0.701. The molecule has 11 heteroatoms. The van der Waals surface area contributed by atoms with Crippen molar-refractivity contribution in [2.24, 2.45) is 5.92 Å². The summed E-state index contributed by atoms with van der Waals surface area (Å²) in [5.41, 5.74) is 0.687. The summed E-state index contributed by atoms with van der Waals surface area (Å²) in [7, 11) is 0. The van der Waals surface area contributed by atoms with Crippen molar-refractivity contribution in [3.05, 3.63) is 18.2 Å². The number of ether oxygens (including phenoxy) is 3. The summed E-state index contributed by atoms with van der Waals surface area (Å²) < 4.78 is 51.5. The lowest BCUT2D eigenvalue weighted by Gasteiger charge is -2.35. The zero-order chi connectivity index (χ0) is 22.7. The Bertz CT molecular complexity index is 842. The smallest absolute Gasteiger partial charge is 0.411 e. The van der Waals surface area contributed by atoms with Crippen LogP contribution in [-0.4, -0.2) is 87.1 Å². The quantitative estimate of drug-likeness (QED) is 0.583. The van der Waals surface area contributed by atoms with Gasteiger partial charge in [-0.2, -0.15) is 13.2 Å². The Morgan fingerprint density at radius 3 is 2.62 bits per heavy atom. The third-order valence-electron chi connectivity index (χ3n) is 5.85. The van der Waals surface area contributed by atoms with E-state index in [0.717, 1.165) is 0 Å². The van der Waals surface area contributed by atoms with Crippen LogP contribution >= 0.6 is 0 Å². The van der Waals surface area contributed by atoms with Gasteiger partial charge < -0.3 is 24.0 Å². The lowest BCUT2D eigenvalue weighted by Crippen LogP contribution is -2.50. The van der Waals surface area contributed by atoms with E-state index in [1.54, 1.807) is 28.0 Å².